The highest BCUT2D eigenvalue weighted by Gasteiger charge is 2.28. The minimum atomic E-state index is -3.00. The molecule has 0 spiro atoms. The Kier molecular flexibility index (Phi) is 4.28. The average Bonchev–Trinajstić information content (AvgIpc) is 2.69. The molecule has 0 aliphatic carbocycles. The Morgan fingerprint density at radius 2 is 2.20 bits per heavy atom. The van der Waals surface area contributed by atoms with E-state index in [2.05, 4.69) is 21.2 Å². The molecule has 0 radical (unpaired) electrons. The van der Waals surface area contributed by atoms with Crippen molar-refractivity contribution in [2.75, 3.05) is 23.4 Å². The molecule has 1 aliphatic rings. The van der Waals surface area contributed by atoms with Crippen LogP contribution in [0.2, 0.25) is 0 Å². The van der Waals surface area contributed by atoms with Crippen molar-refractivity contribution in [1.82, 2.24) is 0 Å². The highest BCUT2D eigenvalue weighted by molar-refractivity contribution is 9.10. The molecule has 1 atom stereocenters. The van der Waals surface area contributed by atoms with Crippen LogP contribution < -0.4 is 5.32 Å². The number of halogens is 2. The van der Waals surface area contributed by atoms with Gasteiger partial charge in [0.15, 0.2) is 9.84 Å². The van der Waals surface area contributed by atoms with Crippen LogP contribution in [0.3, 0.4) is 0 Å². The van der Waals surface area contributed by atoms with Crippen molar-refractivity contribution in [1.29, 1.82) is 0 Å². The monoisotopic (exact) mass is 366 g/mol. The first kappa shape index (κ1) is 15.2. The number of nitro benzene ring substituents is 1. The summed E-state index contributed by atoms with van der Waals surface area (Å²) in [6.45, 7) is 0.265. The zero-order valence-corrected chi connectivity index (χ0v) is 12.7. The fourth-order valence-electron chi connectivity index (χ4n) is 2.12. The fourth-order valence-corrected chi connectivity index (χ4v) is 4.31. The van der Waals surface area contributed by atoms with Gasteiger partial charge in [-0.3, -0.25) is 10.1 Å². The summed E-state index contributed by atoms with van der Waals surface area (Å²) in [6, 6.07) is 2.12. The first-order valence-electron chi connectivity index (χ1n) is 5.86. The van der Waals surface area contributed by atoms with Gasteiger partial charge in [-0.1, -0.05) is 0 Å². The van der Waals surface area contributed by atoms with Crippen LogP contribution in [-0.2, 0) is 9.84 Å². The maximum atomic E-state index is 13.4. The minimum Gasteiger partial charge on any atom is -0.379 e. The molecule has 0 aromatic heterocycles. The second kappa shape index (κ2) is 5.65. The zero-order chi connectivity index (χ0) is 14.9. The molecule has 1 unspecified atom stereocenters. The van der Waals surface area contributed by atoms with E-state index in [1.165, 1.54) is 0 Å². The lowest BCUT2D eigenvalue weighted by Crippen LogP contribution is -2.16. The minimum absolute atomic E-state index is 0.0122. The number of rotatable bonds is 4. The second-order valence-corrected chi connectivity index (χ2v) is 7.77. The summed E-state index contributed by atoms with van der Waals surface area (Å²) in [5.74, 6) is -0.522. The van der Waals surface area contributed by atoms with Crippen LogP contribution in [0.1, 0.15) is 6.42 Å². The SMILES string of the molecule is O=[N+]([O-])c1cc(Br)c(F)cc1NCC1CCS(=O)(=O)C1. The smallest absolute Gasteiger partial charge is 0.293 e. The van der Waals surface area contributed by atoms with Crippen LogP contribution >= 0.6 is 15.9 Å². The Labute approximate surface area is 123 Å². The number of anilines is 1. The van der Waals surface area contributed by atoms with E-state index in [9.17, 15) is 22.9 Å². The maximum absolute atomic E-state index is 13.4. The molecule has 9 heteroatoms. The summed E-state index contributed by atoms with van der Waals surface area (Å²) < 4.78 is 36.1. The Morgan fingerprint density at radius 3 is 2.75 bits per heavy atom. The molecule has 1 aromatic rings. The zero-order valence-electron chi connectivity index (χ0n) is 10.3. The Hall–Kier alpha value is -1.22. The largest absolute Gasteiger partial charge is 0.379 e. The summed E-state index contributed by atoms with van der Waals surface area (Å²) in [6.07, 6.45) is 0.516. The summed E-state index contributed by atoms with van der Waals surface area (Å²) in [4.78, 5) is 10.3. The first-order chi connectivity index (χ1) is 9.28. The first-order valence-corrected chi connectivity index (χ1v) is 8.47. The predicted octanol–water partition coefficient (Wildman–Crippen LogP) is 2.34. The van der Waals surface area contributed by atoms with Gasteiger partial charge in [-0.05, 0) is 28.3 Å². The van der Waals surface area contributed by atoms with Crippen molar-refractivity contribution < 1.29 is 17.7 Å². The Morgan fingerprint density at radius 1 is 1.50 bits per heavy atom. The molecule has 0 saturated carbocycles. The van der Waals surface area contributed by atoms with Crippen LogP contribution in [-0.4, -0.2) is 31.4 Å². The Bertz CT molecular complexity index is 650. The highest BCUT2D eigenvalue weighted by Crippen LogP contribution is 2.31. The van der Waals surface area contributed by atoms with Crippen LogP contribution in [0.15, 0.2) is 16.6 Å². The van der Waals surface area contributed by atoms with Gasteiger partial charge in [-0.25, -0.2) is 12.8 Å². The van der Waals surface area contributed by atoms with Crippen molar-refractivity contribution in [3.63, 3.8) is 0 Å². The molecular weight excluding hydrogens is 355 g/mol. The molecule has 110 valence electrons. The van der Waals surface area contributed by atoms with Crippen LogP contribution in [0.25, 0.3) is 0 Å². The van der Waals surface area contributed by atoms with Crippen molar-refractivity contribution in [2.45, 2.75) is 6.42 Å². The molecule has 6 nitrogen and oxygen atoms in total. The van der Waals surface area contributed by atoms with E-state index in [-0.39, 0.29) is 39.8 Å². The molecule has 1 heterocycles. The Balaban J connectivity index is 2.13. The number of hydrogen-bond donors (Lipinski definition) is 1. The van der Waals surface area contributed by atoms with E-state index in [1.54, 1.807) is 0 Å². The van der Waals surface area contributed by atoms with E-state index < -0.39 is 20.6 Å². The lowest BCUT2D eigenvalue weighted by molar-refractivity contribution is -0.384. The number of hydrogen-bond acceptors (Lipinski definition) is 5. The van der Waals surface area contributed by atoms with Gasteiger partial charge in [0.25, 0.3) is 5.69 Å². The quantitative estimate of drug-likeness (QED) is 0.652. The predicted molar refractivity (Wildman–Crippen MR) is 76.0 cm³/mol. The lowest BCUT2D eigenvalue weighted by Gasteiger charge is -2.11. The number of benzene rings is 1. The van der Waals surface area contributed by atoms with Crippen LogP contribution in [0.5, 0.6) is 0 Å². The molecule has 20 heavy (non-hydrogen) atoms. The third kappa shape index (κ3) is 3.45. The number of nitrogens with zero attached hydrogens (tertiary/aromatic N) is 1. The van der Waals surface area contributed by atoms with Gasteiger partial charge in [0.1, 0.15) is 11.5 Å². The standard InChI is InChI=1S/C11H12BrFN2O4S/c12-8-3-11(15(16)17)10(4-9(8)13)14-5-7-1-2-20(18,19)6-7/h3-4,7,14H,1-2,5-6H2. The van der Waals surface area contributed by atoms with Gasteiger partial charge >= 0.3 is 0 Å². The van der Waals surface area contributed by atoms with Crippen LogP contribution in [0, 0.1) is 21.8 Å². The molecule has 2 rings (SSSR count). The van der Waals surface area contributed by atoms with Gasteiger partial charge < -0.3 is 5.32 Å². The van der Waals surface area contributed by atoms with E-state index in [0.29, 0.717) is 6.42 Å². The third-order valence-corrected chi connectivity index (χ3v) is 5.59. The van der Waals surface area contributed by atoms with E-state index in [1.807, 2.05) is 0 Å². The number of sulfone groups is 1. The van der Waals surface area contributed by atoms with Crippen molar-refractivity contribution >= 4 is 37.1 Å². The van der Waals surface area contributed by atoms with Crippen molar-refractivity contribution in [3.05, 3.63) is 32.5 Å². The summed E-state index contributed by atoms with van der Waals surface area (Å²) in [7, 11) is -3.00. The molecule has 1 fully saturated rings. The molecule has 1 saturated heterocycles. The van der Waals surface area contributed by atoms with Crippen molar-refractivity contribution in [3.8, 4) is 0 Å². The molecule has 1 N–H and O–H groups in total. The summed E-state index contributed by atoms with van der Waals surface area (Å²) in [5.41, 5.74) is -0.195. The molecule has 0 amide bonds. The van der Waals surface area contributed by atoms with Gasteiger partial charge in [0.2, 0.25) is 0 Å². The van der Waals surface area contributed by atoms with Gasteiger partial charge in [0.05, 0.1) is 20.9 Å². The normalized spacial score (nSPS) is 20.8. The number of nitro groups is 1. The average molecular weight is 367 g/mol. The van der Waals surface area contributed by atoms with Crippen LogP contribution in [0.4, 0.5) is 15.8 Å². The highest BCUT2D eigenvalue weighted by atomic mass is 79.9. The van der Waals surface area contributed by atoms with Crippen molar-refractivity contribution in [2.24, 2.45) is 5.92 Å². The van der Waals surface area contributed by atoms with Gasteiger partial charge in [-0.15, -0.1) is 0 Å². The molecule has 1 aliphatic heterocycles. The van der Waals surface area contributed by atoms with E-state index in [4.69, 9.17) is 0 Å². The number of nitrogens with one attached hydrogen (secondary N) is 1. The lowest BCUT2D eigenvalue weighted by atomic mass is 10.1. The topological polar surface area (TPSA) is 89.3 Å². The molecule has 1 aromatic carbocycles. The second-order valence-electron chi connectivity index (χ2n) is 4.69. The van der Waals surface area contributed by atoms with E-state index in [0.717, 1.165) is 12.1 Å². The maximum Gasteiger partial charge on any atom is 0.293 e. The fraction of sp³-hybridized carbons (Fsp3) is 0.455. The molecular formula is C11H12BrFN2O4S. The van der Waals surface area contributed by atoms with E-state index >= 15 is 0 Å². The van der Waals surface area contributed by atoms with Gasteiger partial charge in [0, 0.05) is 18.7 Å². The summed E-state index contributed by atoms with van der Waals surface area (Å²) in [5, 5.41) is 13.7. The summed E-state index contributed by atoms with van der Waals surface area (Å²) >= 11 is 2.89. The van der Waals surface area contributed by atoms with Gasteiger partial charge in [-0.2, -0.15) is 0 Å². The molecule has 0 bridgehead atoms. The third-order valence-electron chi connectivity index (χ3n) is 3.14.